The molecule has 0 aromatic carbocycles. The third-order valence-electron chi connectivity index (χ3n) is 1.34. The van der Waals surface area contributed by atoms with Crippen LogP contribution in [-0.4, -0.2) is 12.3 Å². The quantitative estimate of drug-likeness (QED) is 0.478. The summed E-state index contributed by atoms with van der Waals surface area (Å²) in [7, 11) is 0. The third-order valence-corrected chi connectivity index (χ3v) is 1.34. The number of aliphatic imine (C=N–C) groups is 1. The third kappa shape index (κ3) is 2.08. The SMILES string of the molecule is C=CCN=C(C)c1ccco1. The molecule has 0 saturated carbocycles. The maximum Gasteiger partial charge on any atom is 0.147 e. The second-order valence-corrected chi connectivity index (χ2v) is 2.19. The minimum atomic E-state index is 0.645. The second-order valence-electron chi connectivity index (χ2n) is 2.19. The highest BCUT2D eigenvalue weighted by Crippen LogP contribution is 2.01. The molecule has 1 aromatic heterocycles. The summed E-state index contributed by atoms with van der Waals surface area (Å²) in [5.74, 6) is 0.826. The van der Waals surface area contributed by atoms with Gasteiger partial charge < -0.3 is 4.42 Å². The van der Waals surface area contributed by atoms with Crippen LogP contribution in [-0.2, 0) is 0 Å². The summed E-state index contributed by atoms with van der Waals surface area (Å²) in [5, 5.41) is 0. The fraction of sp³-hybridized carbons (Fsp3) is 0.222. The van der Waals surface area contributed by atoms with Crippen molar-refractivity contribution in [2.45, 2.75) is 6.92 Å². The lowest BCUT2D eigenvalue weighted by molar-refractivity contribution is 0.557. The average molecular weight is 149 g/mol. The fourth-order valence-electron chi connectivity index (χ4n) is 0.764. The van der Waals surface area contributed by atoms with Crippen LogP contribution in [0.5, 0.6) is 0 Å². The van der Waals surface area contributed by atoms with Crippen molar-refractivity contribution >= 4 is 5.71 Å². The van der Waals surface area contributed by atoms with Crippen molar-refractivity contribution in [3.63, 3.8) is 0 Å². The van der Waals surface area contributed by atoms with Crippen molar-refractivity contribution < 1.29 is 4.42 Å². The van der Waals surface area contributed by atoms with E-state index in [1.807, 2.05) is 19.1 Å². The predicted octanol–water partition coefficient (Wildman–Crippen LogP) is 2.27. The zero-order valence-electron chi connectivity index (χ0n) is 6.58. The Morgan fingerprint density at radius 3 is 3.18 bits per heavy atom. The van der Waals surface area contributed by atoms with Gasteiger partial charge in [-0.05, 0) is 19.1 Å². The van der Waals surface area contributed by atoms with Gasteiger partial charge >= 0.3 is 0 Å². The molecule has 1 heterocycles. The molecule has 2 heteroatoms. The maximum atomic E-state index is 5.13. The molecule has 11 heavy (non-hydrogen) atoms. The van der Waals surface area contributed by atoms with Crippen LogP contribution >= 0.6 is 0 Å². The van der Waals surface area contributed by atoms with Crippen LogP contribution in [0.3, 0.4) is 0 Å². The second kappa shape index (κ2) is 3.76. The molecule has 0 amide bonds. The van der Waals surface area contributed by atoms with Crippen molar-refractivity contribution in [2.24, 2.45) is 4.99 Å². The minimum absolute atomic E-state index is 0.645. The van der Waals surface area contributed by atoms with E-state index in [0.717, 1.165) is 11.5 Å². The van der Waals surface area contributed by atoms with E-state index in [2.05, 4.69) is 11.6 Å². The lowest BCUT2D eigenvalue weighted by atomic mass is 10.3. The summed E-state index contributed by atoms with van der Waals surface area (Å²) in [6.45, 7) is 6.14. The van der Waals surface area contributed by atoms with Gasteiger partial charge in [0.15, 0.2) is 0 Å². The van der Waals surface area contributed by atoms with Crippen LogP contribution in [0, 0.1) is 0 Å². The molecule has 0 fully saturated rings. The topological polar surface area (TPSA) is 25.5 Å². The largest absolute Gasteiger partial charge is 0.463 e. The highest BCUT2D eigenvalue weighted by atomic mass is 16.3. The Labute approximate surface area is 66.3 Å². The number of nitrogens with zero attached hydrogens (tertiary/aromatic N) is 1. The molecule has 1 aromatic rings. The molecule has 0 aliphatic heterocycles. The highest BCUT2D eigenvalue weighted by Gasteiger charge is 1.96. The van der Waals surface area contributed by atoms with Crippen LogP contribution < -0.4 is 0 Å². The first-order chi connectivity index (χ1) is 5.34. The molecule has 0 saturated heterocycles. The normalized spacial score (nSPS) is 11.5. The van der Waals surface area contributed by atoms with Crippen LogP contribution in [0.4, 0.5) is 0 Å². The maximum absolute atomic E-state index is 5.13. The van der Waals surface area contributed by atoms with Crippen molar-refractivity contribution in [1.29, 1.82) is 0 Å². The fourth-order valence-corrected chi connectivity index (χ4v) is 0.764. The van der Waals surface area contributed by atoms with Gasteiger partial charge in [-0.3, -0.25) is 4.99 Å². The van der Waals surface area contributed by atoms with Crippen molar-refractivity contribution in [3.05, 3.63) is 36.8 Å². The van der Waals surface area contributed by atoms with Gasteiger partial charge in [0, 0.05) is 0 Å². The Balaban J connectivity index is 2.68. The molecule has 58 valence electrons. The van der Waals surface area contributed by atoms with Crippen LogP contribution in [0.2, 0.25) is 0 Å². The predicted molar refractivity (Wildman–Crippen MR) is 46.0 cm³/mol. The van der Waals surface area contributed by atoms with Crippen LogP contribution in [0.1, 0.15) is 12.7 Å². The lowest BCUT2D eigenvalue weighted by Crippen LogP contribution is -1.92. The summed E-state index contributed by atoms with van der Waals surface area (Å²) < 4.78 is 5.13. The molecule has 0 aliphatic carbocycles. The van der Waals surface area contributed by atoms with Crippen molar-refractivity contribution in [2.75, 3.05) is 6.54 Å². The summed E-state index contributed by atoms with van der Waals surface area (Å²) in [5.41, 5.74) is 0.912. The van der Waals surface area contributed by atoms with E-state index in [1.54, 1.807) is 12.3 Å². The monoisotopic (exact) mass is 149 g/mol. The molecule has 0 bridgehead atoms. The standard InChI is InChI=1S/C9H11NO/c1-3-6-10-8(2)9-5-4-7-11-9/h3-5,7H,1,6H2,2H3. The first-order valence-electron chi connectivity index (χ1n) is 3.50. The molecule has 1 rings (SSSR count). The molecule has 0 radical (unpaired) electrons. The average Bonchev–Trinajstić information content (AvgIpc) is 2.52. The van der Waals surface area contributed by atoms with Gasteiger partial charge in [-0.15, -0.1) is 6.58 Å². The van der Waals surface area contributed by atoms with Gasteiger partial charge in [-0.2, -0.15) is 0 Å². The zero-order valence-corrected chi connectivity index (χ0v) is 6.58. The number of furan rings is 1. The molecule has 0 atom stereocenters. The van der Waals surface area contributed by atoms with E-state index in [4.69, 9.17) is 4.42 Å². The minimum Gasteiger partial charge on any atom is -0.463 e. The molecule has 0 unspecified atom stereocenters. The Morgan fingerprint density at radius 2 is 2.64 bits per heavy atom. The summed E-state index contributed by atoms with van der Waals surface area (Å²) in [4.78, 5) is 4.19. The van der Waals surface area contributed by atoms with Crippen molar-refractivity contribution in [1.82, 2.24) is 0 Å². The van der Waals surface area contributed by atoms with Gasteiger partial charge in [0.2, 0.25) is 0 Å². The van der Waals surface area contributed by atoms with Crippen molar-refractivity contribution in [3.8, 4) is 0 Å². The molecule has 2 nitrogen and oxygen atoms in total. The van der Waals surface area contributed by atoms with E-state index in [1.165, 1.54) is 0 Å². The molecular formula is C9H11NO. The Hall–Kier alpha value is -1.31. The van der Waals surface area contributed by atoms with E-state index in [0.29, 0.717) is 6.54 Å². The van der Waals surface area contributed by atoms with E-state index in [-0.39, 0.29) is 0 Å². The smallest absolute Gasteiger partial charge is 0.147 e. The summed E-state index contributed by atoms with van der Waals surface area (Å²) >= 11 is 0. The van der Waals surface area contributed by atoms with Gasteiger partial charge in [-0.25, -0.2) is 0 Å². The number of rotatable bonds is 3. The Morgan fingerprint density at radius 1 is 1.82 bits per heavy atom. The van der Waals surface area contributed by atoms with Gasteiger partial charge in [-0.1, -0.05) is 6.08 Å². The molecule has 0 aliphatic rings. The number of hydrogen-bond acceptors (Lipinski definition) is 2. The van der Waals surface area contributed by atoms with Gasteiger partial charge in [0.25, 0.3) is 0 Å². The Kier molecular flexibility index (Phi) is 2.66. The molecule has 0 N–H and O–H groups in total. The molecular weight excluding hydrogens is 138 g/mol. The first kappa shape index (κ1) is 7.79. The van der Waals surface area contributed by atoms with E-state index in [9.17, 15) is 0 Å². The summed E-state index contributed by atoms with van der Waals surface area (Å²) in [6, 6.07) is 3.74. The first-order valence-corrected chi connectivity index (χ1v) is 3.50. The van der Waals surface area contributed by atoms with Gasteiger partial charge in [0.1, 0.15) is 5.76 Å². The molecule has 0 spiro atoms. The highest BCUT2D eigenvalue weighted by molar-refractivity contribution is 5.96. The van der Waals surface area contributed by atoms with Gasteiger partial charge in [0.05, 0.1) is 18.5 Å². The van der Waals surface area contributed by atoms with Crippen LogP contribution in [0.25, 0.3) is 0 Å². The van der Waals surface area contributed by atoms with E-state index >= 15 is 0 Å². The summed E-state index contributed by atoms with van der Waals surface area (Å²) in [6.07, 6.45) is 3.40. The van der Waals surface area contributed by atoms with E-state index < -0.39 is 0 Å². The van der Waals surface area contributed by atoms with Crippen LogP contribution in [0.15, 0.2) is 40.5 Å². The Bertz CT molecular complexity index is 247. The zero-order chi connectivity index (χ0) is 8.10. The lowest BCUT2D eigenvalue weighted by Gasteiger charge is -1.92. The number of hydrogen-bond donors (Lipinski definition) is 0.